The molecule has 1 unspecified atom stereocenters. The quantitative estimate of drug-likeness (QED) is 0.397. The molecule has 0 aliphatic carbocycles. The number of hydrogen-bond acceptors (Lipinski definition) is 7. The van der Waals surface area contributed by atoms with Gasteiger partial charge < -0.3 is 20.8 Å². The Bertz CT molecular complexity index is 1270. The minimum Gasteiger partial charge on any atom is -0.492 e. The fraction of sp³-hybridized carbons (Fsp3) is 0.261. The van der Waals surface area contributed by atoms with Gasteiger partial charge >= 0.3 is 0 Å². The van der Waals surface area contributed by atoms with Crippen molar-refractivity contribution in [3.8, 4) is 5.75 Å². The number of benzene rings is 2. The lowest BCUT2D eigenvalue weighted by Gasteiger charge is -2.15. The van der Waals surface area contributed by atoms with E-state index in [4.69, 9.17) is 10.5 Å². The summed E-state index contributed by atoms with van der Waals surface area (Å²) in [6.07, 6.45) is 1.69. The van der Waals surface area contributed by atoms with Crippen molar-refractivity contribution in [2.45, 2.75) is 12.6 Å². The SMILES string of the molecule is Nc1nc(Nc2ccc(OCCN3CCC(F)C3)cc2)n(C(=O)c2ccc3cc[nH]c3c2)n1. The molecule has 5 rings (SSSR count). The van der Waals surface area contributed by atoms with E-state index in [0.29, 0.717) is 43.1 Å². The fourth-order valence-electron chi connectivity index (χ4n) is 3.90. The van der Waals surface area contributed by atoms with E-state index < -0.39 is 6.17 Å². The third kappa shape index (κ3) is 4.65. The number of halogens is 1. The number of rotatable bonds is 7. The number of nitrogen functional groups attached to an aromatic ring is 1. The molecule has 0 spiro atoms. The van der Waals surface area contributed by atoms with Crippen LogP contribution in [0.4, 0.5) is 22.0 Å². The van der Waals surface area contributed by atoms with Gasteiger partial charge in [-0.05, 0) is 54.3 Å². The van der Waals surface area contributed by atoms with Gasteiger partial charge in [0.2, 0.25) is 11.9 Å². The minimum atomic E-state index is -0.727. The number of likely N-dealkylation sites (tertiary alicyclic amines) is 1. The van der Waals surface area contributed by atoms with E-state index in [1.807, 2.05) is 42.6 Å². The predicted octanol–water partition coefficient (Wildman–Crippen LogP) is 3.20. The lowest BCUT2D eigenvalue weighted by molar-refractivity contribution is 0.0948. The van der Waals surface area contributed by atoms with Gasteiger partial charge in [0.05, 0.1) is 0 Å². The van der Waals surface area contributed by atoms with E-state index in [2.05, 4.69) is 25.3 Å². The summed E-state index contributed by atoms with van der Waals surface area (Å²) in [6, 6.07) is 14.6. The van der Waals surface area contributed by atoms with Crippen molar-refractivity contribution >= 4 is 34.4 Å². The summed E-state index contributed by atoms with van der Waals surface area (Å²) >= 11 is 0. The van der Waals surface area contributed by atoms with Crippen LogP contribution < -0.4 is 15.8 Å². The highest BCUT2D eigenvalue weighted by atomic mass is 19.1. The number of ether oxygens (including phenoxy) is 1. The van der Waals surface area contributed by atoms with E-state index in [1.165, 1.54) is 0 Å². The van der Waals surface area contributed by atoms with E-state index in [-0.39, 0.29) is 17.8 Å². The Kier molecular flexibility index (Phi) is 5.66. The molecule has 1 atom stereocenters. The van der Waals surface area contributed by atoms with Crippen molar-refractivity contribution in [1.29, 1.82) is 0 Å². The molecular formula is C23H24FN7O2. The zero-order chi connectivity index (χ0) is 22.8. The second kappa shape index (κ2) is 8.91. The summed E-state index contributed by atoms with van der Waals surface area (Å²) in [4.78, 5) is 22.3. The molecule has 0 amide bonds. The molecule has 1 aliphatic heterocycles. The first kappa shape index (κ1) is 21.0. The van der Waals surface area contributed by atoms with Crippen LogP contribution in [0.1, 0.15) is 16.8 Å². The van der Waals surface area contributed by atoms with Crippen molar-refractivity contribution in [2.75, 3.05) is 37.3 Å². The summed E-state index contributed by atoms with van der Waals surface area (Å²) in [5.41, 5.74) is 7.78. The maximum atomic E-state index is 13.2. The lowest BCUT2D eigenvalue weighted by atomic mass is 10.1. The zero-order valence-corrected chi connectivity index (χ0v) is 17.9. The summed E-state index contributed by atoms with van der Waals surface area (Å²) in [7, 11) is 0. The first-order chi connectivity index (χ1) is 16.0. The molecule has 0 radical (unpaired) electrons. The Morgan fingerprint density at radius 2 is 2.09 bits per heavy atom. The number of alkyl halides is 1. The lowest BCUT2D eigenvalue weighted by Crippen LogP contribution is -2.26. The molecule has 0 saturated carbocycles. The van der Waals surface area contributed by atoms with Crippen LogP contribution in [0.2, 0.25) is 0 Å². The fourth-order valence-corrected chi connectivity index (χ4v) is 3.90. The van der Waals surface area contributed by atoms with Gasteiger partial charge in [-0.25, -0.2) is 4.39 Å². The monoisotopic (exact) mass is 449 g/mol. The molecule has 4 N–H and O–H groups in total. The largest absolute Gasteiger partial charge is 0.492 e. The normalized spacial score (nSPS) is 16.3. The first-order valence-electron chi connectivity index (χ1n) is 10.8. The minimum absolute atomic E-state index is 0.0100. The molecule has 0 bridgehead atoms. The Balaban J connectivity index is 1.24. The molecule has 170 valence electrons. The maximum Gasteiger partial charge on any atom is 0.281 e. The Labute approximate surface area is 189 Å². The number of H-pyrrole nitrogens is 1. The summed E-state index contributed by atoms with van der Waals surface area (Å²) in [5, 5.41) is 8.15. The van der Waals surface area contributed by atoms with Gasteiger partial charge in [0.15, 0.2) is 0 Å². The van der Waals surface area contributed by atoms with E-state index in [1.54, 1.807) is 12.1 Å². The van der Waals surface area contributed by atoms with Gasteiger partial charge in [-0.1, -0.05) is 6.07 Å². The third-order valence-corrected chi connectivity index (χ3v) is 5.62. The number of nitrogens with zero attached hydrogens (tertiary/aromatic N) is 4. The molecule has 1 saturated heterocycles. The van der Waals surface area contributed by atoms with E-state index in [9.17, 15) is 9.18 Å². The van der Waals surface area contributed by atoms with Crippen LogP contribution >= 0.6 is 0 Å². The van der Waals surface area contributed by atoms with Crippen LogP contribution in [0.25, 0.3) is 10.9 Å². The zero-order valence-electron chi connectivity index (χ0n) is 17.9. The number of anilines is 3. The highest BCUT2D eigenvalue weighted by Gasteiger charge is 2.21. The van der Waals surface area contributed by atoms with Crippen molar-refractivity contribution in [3.63, 3.8) is 0 Å². The van der Waals surface area contributed by atoms with Gasteiger partial charge in [-0.2, -0.15) is 9.67 Å². The topological polar surface area (TPSA) is 114 Å². The Morgan fingerprint density at radius 3 is 2.88 bits per heavy atom. The van der Waals surface area contributed by atoms with Crippen molar-refractivity contribution in [2.24, 2.45) is 0 Å². The van der Waals surface area contributed by atoms with Gasteiger partial charge in [0, 0.05) is 42.6 Å². The number of hydrogen-bond donors (Lipinski definition) is 3. The number of carbonyl (C=O) groups is 1. The van der Waals surface area contributed by atoms with E-state index in [0.717, 1.165) is 22.1 Å². The molecule has 10 heteroatoms. The molecular weight excluding hydrogens is 425 g/mol. The number of aromatic amines is 1. The number of nitrogens with two attached hydrogens (primary N) is 1. The van der Waals surface area contributed by atoms with Gasteiger partial charge in [-0.3, -0.25) is 9.69 Å². The summed E-state index contributed by atoms with van der Waals surface area (Å²) in [5.74, 6) is 0.556. The maximum absolute atomic E-state index is 13.2. The molecule has 2 aromatic heterocycles. The second-order valence-corrected chi connectivity index (χ2v) is 7.97. The highest BCUT2D eigenvalue weighted by molar-refractivity contribution is 6.00. The Hall–Kier alpha value is -3.92. The summed E-state index contributed by atoms with van der Waals surface area (Å²) < 4.78 is 20.2. The van der Waals surface area contributed by atoms with Crippen LogP contribution in [-0.4, -0.2) is 63.0 Å². The molecule has 4 aromatic rings. The van der Waals surface area contributed by atoms with Gasteiger partial charge in [0.25, 0.3) is 5.91 Å². The van der Waals surface area contributed by atoms with Crippen LogP contribution in [0.3, 0.4) is 0 Å². The van der Waals surface area contributed by atoms with Gasteiger partial charge in [-0.15, -0.1) is 5.10 Å². The number of fused-ring (bicyclic) bond motifs is 1. The number of aromatic nitrogens is 4. The van der Waals surface area contributed by atoms with Crippen LogP contribution in [0, 0.1) is 0 Å². The molecule has 2 aromatic carbocycles. The van der Waals surface area contributed by atoms with Crippen molar-refractivity contribution < 1.29 is 13.9 Å². The third-order valence-electron chi connectivity index (χ3n) is 5.62. The molecule has 1 aliphatic rings. The second-order valence-electron chi connectivity index (χ2n) is 7.97. The van der Waals surface area contributed by atoms with E-state index >= 15 is 0 Å². The highest BCUT2D eigenvalue weighted by Crippen LogP contribution is 2.22. The van der Waals surface area contributed by atoms with Crippen LogP contribution in [0.5, 0.6) is 5.75 Å². The predicted molar refractivity (Wildman–Crippen MR) is 124 cm³/mol. The molecule has 33 heavy (non-hydrogen) atoms. The molecule has 3 heterocycles. The number of nitrogens with one attached hydrogen (secondary N) is 2. The van der Waals surface area contributed by atoms with Crippen LogP contribution in [0.15, 0.2) is 54.7 Å². The summed E-state index contributed by atoms with van der Waals surface area (Å²) in [6.45, 7) is 2.44. The van der Waals surface area contributed by atoms with Crippen molar-refractivity contribution in [3.05, 3.63) is 60.3 Å². The van der Waals surface area contributed by atoms with Crippen molar-refractivity contribution in [1.82, 2.24) is 24.6 Å². The standard InChI is InChI=1S/C23H24FN7O2/c24-17-8-10-30(14-17)11-12-33-19-5-3-18(4-6-19)27-23-28-22(25)29-31(23)21(32)16-2-1-15-7-9-26-20(15)13-16/h1-7,9,13,17,26H,8,10-12,14H2,(H3,25,27,28,29). The smallest absolute Gasteiger partial charge is 0.281 e. The molecule has 1 fully saturated rings. The Morgan fingerprint density at radius 1 is 1.24 bits per heavy atom. The number of carbonyl (C=O) groups excluding carboxylic acids is 1. The van der Waals surface area contributed by atoms with Crippen LogP contribution in [-0.2, 0) is 0 Å². The molecule has 9 nitrogen and oxygen atoms in total. The first-order valence-corrected chi connectivity index (χ1v) is 10.8. The average molecular weight is 449 g/mol. The average Bonchev–Trinajstić information content (AvgIpc) is 3.54. The van der Waals surface area contributed by atoms with Gasteiger partial charge in [0.1, 0.15) is 18.5 Å².